The Morgan fingerprint density at radius 1 is 0.875 bits per heavy atom. The number of benzene rings is 2. The molecule has 0 unspecified atom stereocenters. The van der Waals surface area contributed by atoms with Crippen molar-refractivity contribution in [2.24, 2.45) is 28.3 Å². The van der Waals surface area contributed by atoms with Gasteiger partial charge in [0.05, 0.1) is 17.4 Å². The summed E-state index contributed by atoms with van der Waals surface area (Å²) in [6.07, 6.45) is 2.70. The maximum Gasteiger partial charge on any atom is 0.0737 e. The van der Waals surface area contributed by atoms with Gasteiger partial charge in [-0.3, -0.25) is 5.01 Å². The second-order valence-electron chi connectivity index (χ2n) is 8.16. The molecule has 1 heterocycles. The Balaban J connectivity index is 1.65. The summed E-state index contributed by atoms with van der Waals surface area (Å²) in [6.45, 7) is 4.97. The van der Waals surface area contributed by atoms with Crippen LogP contribution in [0.2, 0.25) is 0 Å². The van der Waals surface area contributed by atoms with Gasteiger partial charge in [0.2, 0.25) is 0 Å². The minimum atomic E-state index is 0.415. The van der Waals surface area contributed by atoms with E-state index in [1.807, 2.05) is 0 Å². The molecule has 0 spiro atoms. The first kappa shape index (κ1) is 14.3. The molecule has 2 heteroatoms. The average Bonchev–Trinajstić information content (AvgIpc) is 3.21. The molecule has 2 aromatic rings. The van der Waals surface area contributed by atoms with Crippen molar-refractivity contribution < 1.29 is 0 Å². The van der Waals surface area contributed by atoms with Crippen molar-refractivity contribution >= 4 is 11.4 Å². The topological polar surface area (TPSA) is 15.6 Å². The molecule has 0 aromatic heterocycles. The molecule has 1 aliphatic heterocycles. The van der Waals surface area contributed by atoms with Gasteiger partial charge in [-0.1, -0.05) is 62.4 Å². The average molecular weight is 316 g/mol. The van der Waals surface area contributed by atoms with E-state index in [9.17, 15) is 0 Å². The lowest BCUT2D eigenvalue weighted by atomic mass is 9.77. The number of hydrogen-bond acceptors (Lipinski definition) is 2. The number of rotatable bonds is 2. The molecule has 5 rings (SSSR count). The van der Waals surface area contributed by atoms with Crippen molar-refractivity contribution in [3.8, 4) is 0 Å². The van der Waals surface area contributed by atoms with Crippen molar-refractivity contribution in [3.63, 3.8) is 0 Å². The standard InChI is InChI=1S/C22H24N2/c1-22(2)17-13-14-18(22)21-19(17)20(15-9-5-3-6-10-15)23-24(21)16-11-7-4-8-12-16/h3-12,17-19,21H,13-14H2,1-2H3/t17-,18-,19+,21+/m0/s1. The summed E-state index contributed by atoms with van der Waals surface area (Å²) >= 11 is 0. The van der Waals surface area contributed by atoms with E-state index in [-0.39, 0.29) is 0 Å². The van der Waals surface area contributed by atoms with Crippen LogP contribution in [-0.4, -0.2) is 11.8 Å². The third kappa shape index (κ3) is 1.80. The van der Waals surface area contributed by atoms with Crippen molar-refractivity contribution in [1.29, 1.82) is 0 Å². The molecule has 0 radical (unpaired) electrons. The molecule has 2 bridgehead atoms. The zero-order valence-corrected chi connectivity index (χ0v) is 14.4. The van der Waals surface area contributed by atoms with E-state index >= 15 is 0 Å². The van der Waals surface area contributed by atoms with Gasteiger partial charge in [-0.05, 0) is 47.8 Å². The molecule has 3 aliphatic rings. The highest BCUT2D eigenvalue weighted by Gasteiger charge is 2.64. The van der Waals surface area contributed by atoms with Crippen molar-refractivity contribution in [2.45, 2.75) is 32.7 Å². The summed E-state index contributed by atoms with van der Waals surface area (Å²) in [7, 11) is 0. The molecule has 4 atom stereocenters. The number of hydrazone groups is 1. The van der Waals surface area contributed by atoms with E-state index in [1.165, 1.54) is 29.8 Å². The first-order chi connectivity index (χ1) is 11.7. The van der Waals surface area contributed by atoms with Crippen LogP contribution in [0.25, 0.3) is 0 Å². The lowest BCUT2D eigenvalue weighted by Gasteiger charge is -2.32. The Hall–Kier alpha value is -2.09. The number of anilines is 1. The molecule has 24 heavy (non-hydrogen) atoms. The van der Waals surface area contributed by atoms with Gasteiger partial charge in [0.25, 0.3) is 0 Å². The van der Waals surface area contributed by atoms with Crippen LogP contribution < -0.4 is 5.01 Å². The van der Waals surface area contributed by atoms with Crippen LogP contribution in [0.4, 0.5) is 5.69 Å². The zero-order valence-electron chi connectivity index (χ0n) is 14.4. The molecular weight excluding hydrogens is 292 g/mol. The molecule has 2 saturated carbocycles. The number of fused-ring (bicyclic) bond motifs is 5. The minimum Gasteiger partial charge on any atom is -0.261 e. The smallest absolute Gasteiger partial charge is 0.0737 e. The summed E-state index contributed by atoms with van der Waals surface area (Å²) in [6, 6.07) is 22.1. The molecule has 2 fully saturated rings. The summed E-state index contributed by atoms with van der Waals surface area (Å²) in [5.41, 5.74) is 4.26. The predicted octanol–water partition coefficient (Wildman–Crippen LogP) is 4.96. The highest BCUT2D eigenvalue weighted by atomic mass is 15.5. The Bertz CT molecular complexity index is 778. The second kappa shape index (κ2) is 4.95. The van der Waals surface area contributed by atoms with Crippen LogP contribution in [0.5, 0.6) is 0 Å². The van der Waals surface area contributed by atoms with Gasteiger partial charge in [0.15, 0.2) is 0 Å². The van der Waals surface area contributed by atoms with Crippen LogP contribution in [-0.2, 0) is 0 Å². The Labute approximate surface area is 144 Å². The monoisotopic (exact) mass is 316 g/mol. The highest BCUT2D eigenvalue weighted by Crippen LogP contribution is 2.64. The molecule has 0 saturated heterocycles. The fourth-order valence-electron chi connectivity index (χ4n) is 5.71. The summed E-state index contributed by atoms with van der Waals surface area (Å²) in [5.74, 6) is 2.05. The van der Waals surface area contributed by atoms with Crippen molar-refractivity contribution in [2.75, 3.05) is 5.01 Å². The Kier molecular flexibility index (Phi) is 2.94. The Morgan fingerprint density at radius 3 is 2.21 bits per heavy atom. The number of para-hydroxylation sites is 1. The molecule has 2 aliphatic carbocycles. The maximum atomic E-state index is 5.17. The lowest BCUT2D eigenvalue weighted by Crippen LogP contribution is -2.38. The molecule has 0 N–H and O–H groups in total. The maximum absolute atomic E-state index is 5.17. The van der Waals surface area contributed by atoms with E-state index in [0.29, 0.717) is 17.4 Å². The quantitative estimate of drug-likeness (QED) is 0.764. The molecule has 122 valence electrons. The van der Waals surface area contributed by atoms with Crippen molar-refractivity contribution in [1.82, 2.24) is 0 Å². The van der Waals surface area contributed by atoms with Crippen LogP contribution in [0.15, 0.2) is 65.8 Å². The van der Waals surface area contributed by atoms with E-state index in [2.05, 4.69) is 79.5 Å². The van der Waals surface area contributed by atoms with Gasteiger partial charge >= 0.3 is 0 Å². The minimum absolute atomic E-state index is 0.415. The van der Waals surface area contributed by atoms with E-state index < -0.39 is 0 Å². The molecule has 0 amide bonds. The third-order valence-corrected chi connectivity index (χ3v) is 6.82. The normalized spacial score (nSPS) is 32.8. The lowest BCUT2D eigenvalue weighted by molar-refractivity contribution is 0.246. The van der Waals surface area contributed by atoms with Gasteiger partial charge in [-0.15, -0.1) is 0 Å². The molecule has 2 aromatic carbocycles. The Morgan fingerprint density at radius 2 is 1.50 bits per heavy atom. The van der Waals surface area contributed by atoms with Crippen LogP contribution >= 0.6 is 0 Å². The second-order valence-corrected chi connectivity index (χ2v) is 8.16. The van der Waals surface area contributed by atoms with E-state index in [1.54, 1.807) is 0 Å². The highest BCUT2D eigenvalue weighted by molar-refractivity contribution is 6.05. The third-order valence-electron chi connectivity index (χ3n) is 6.82. The zero-order chi connectivity index (χ0) is 16.3. The number of hydrogen-bond donors (Lipinski definition) is 0. The van der Waals surface area contributed by atoms with E-state index in [0.717, 1.165) is 11.8 Å². The summed E-state index contributed by atoms with van der Waals surface area (Å²) < 4.78 is 0. The summed E-state index contributed by atoms with van der Waals surface area (Å²) in [5, 5.41) is 7.52. The van der Waals surface area contributed by atoms with Crippen LogP contribution in [0, 0.1) is 23.2 Å². The SMILES string of the molecule is CC1(C)[C@H]2CC[C@H]1[C@@H]1[C@H]2C(c2ccccc2)=NN1c1ccccc1. The summed E-state index contributed by atoms with van der Waals surface area (Å²) in [4.78, 5) is 0. The van der Waals surface area contributed by atoms with E-state index in [4.69, 9.17) is 5.10 Å². The van der Waals surface area contributed by atoms with Crippen LogP contribution in [0.3, 0.4) is 0 Å². The van der Waals surface area contributed by atoms with Gasteiger partial charge in [0, 0.05) is 5.92 Å². The van der Waals surface area contributed by atoms with Gasteiger partial charge in [0.1, 0.15) is 0 Å². The fraction of sp³-hybridized carbons (Fsp3) is 0.409. The van der Waals surface area contributed by atoms with Gasteiger partial charge in [-0.25, -0.2) is 0 Å². The van der Waals surface area contributed by atoms with Crippen molar-refractivity contribution in [3.05, 3.63) is 66.2 Å². The van der Waals surface area contributed by atoms with Crippen LogP contribution in [0.1, 0.15) is 32.3 Å². The largest absolute Gasteiger partial charge is 0.261 e. The van der Waals surface area contributed by atoms with Gasteiger partial charge in [-0.2, -0.15) is 5.10 Å². The molecular formula is C22H24N2. The number of nitrogens with zero attached hydrogens (tertiary/aromatic N) is 2. The van der Waals surface area contributed by atoms with Gasteiger partial charge < -0.3 is 0 Å². The first-order valence-electron chi connectivity index (χ1n) is 9.16. The fourth-order valence-corrected chi connectivity index (χ4v) is 5.71. The molecule has 2 nitrogen and oxygen atoms in total. The first-order valence-corrected chi connectivity index (χ1v) is 9.16. The predicted molar refractivity (Wildman–Crippen MR) is 99.2 cm³/mol.